The smallest absolute Gasteiger partial charge is 0.0631 e. The van der Waals surface area contributed by atoms with Crippen molar-refractivity contribution in [3.63, 3.8) is 0 Å². The molecule has 1 aliphatic rings. The van der Waals surface area contributed by atoms with Crippen LogP contribution in [-0.2, 0) is 12.0 Å². The normalized spacial score (nSPS) is 18.6. The van der Waals surface area contributed by atoms with Crippen LogP contribution in [0.5, 0.6) is 0 Å². The zero-order valence-electron chi connectivity index (χ0n) is 10.1. The quantitative estimate of drug-likeness (QED) is 0.829. The van der Waals surface area contributed by atoms with Crippen LogP contribution in [0.1, 0.15) is 30.4 Å². The first kappa shape index (κ1) is 12.1. The van der Waals surface area contributed by atoms with Gasteiger partial charge in [0.2, 0.25) is 0 Å². The molecule has 0 bridgehead atoms. The van der Waals surface area contributed by atoms with Crippen LogP contribution < -0.4 is 11.1 Å². The molecule has 0 unspecified atom stereocenters. The van der Waals surface area contributed by atoms with Crippen molar-refractivity contribution in [3.05, 3.63) is 35.4 Å². The third-order valence-corrected chi connectivity index (χ3v) is 3.79. The van der Waals surface area contributed by atoms with E-state index in [1.54, 1.807) is 0 Å². The number of nitrogens with one attached hydrogen (secondary N) is 1. The van der Waals surface area contributed by atoms with Gasteiger partial charge in [0.25, 0.3) is 0 Å². The molecule has 0 atom stereocenters. The summed E-state index contributed by atoms with van der Waals surface area (Å²) >= 11 is 0. The molecule has 17 heavy (non-hydrogen) atoms. The molecule has 0 aromatic heterocycles. The Hall–Kier alpha value is -1.37. The standard InChI is InChI=1S/C14H19N3/c15-8-5-14(6-9-17-10-7-14)13-4-2-1-3-12(13)11-16/h1-4,17H,5-7,9-11,16H2. The third-order valence-electron chi connectivity index (χ3n) is 3.79. The number of hydrogen-bond donors (Lipinski definition) is 2. The van der Waals surface area contributed by atoms with E-state index >= 15 is 0 Å². The monoisotopic (exact) mass is 229 g/mol. The summed E-state index contributed by atoms with van der Waals surface area (Å²) in [5.74, 6) is 0. The predicted molar refractivity (Wildman–Crippen MR) is 68.3 cm³/mol. The fraction of sp³-hybridized carbons (Fsp3) is 0.500. The van der Waals surface area contributed by atoms with Gasteiger partial charge >= 0.3 is 0 Å². The maximum absolute atomic E-state index is 9.11. The fourth-order valence-electron chi connectivity index (χ4n) is 2.81. The molecule has 3 N–H and O–H groups in total. The highest BCUT2D eigenvalue weighted by molar-refractivity contribution is 5.36. The second-order valence-electron chi connectivity index (χ2n) is 4.73. The van der Waals surface area contributed by atoms with Crippen molar-refractivity contribution in [2.75, 3.05) is 13.1 Å². The van der Waals surface area contributed by atoms with Crippen molar-refractivity contribution in [2.45, 2.75) is 31.2 Å². The van der Waals surface area contributed by atoms with E-state index in [1.807, 2.05) is 6.07 Å². The Labute approximate surface area is 103 Å². The summed E-state index contributed by atoms with van der Waals surface area (Å²) in [4.78, 5) is 0. The van der Waals surface area contributed by atoms with Crippen LogP contribution >= 0.6 is 0 Å². The Morgan fingerprint density at radius 3 is 2.65 bits per heavy atom. The first-order chi connectivity index (χ1) is 8.32. The first-order valence-corrected chi connectivity index (χ1v) is 6.18. The third kappa shape index (κ3) is 2.33. The Morgan fingerprint density at radius 2 is 2.00 bits per heavy atom. The molecule has 1 aromatic rings. The summed E-state index contributed by atoms with van der Waals surface area (Å²) in [6.07, 6.45) is 2.64. The molecule has 90 valence electrons. The number of nitrogens with zero attached hydrogens (tertiary/aromatic N) is 1. The predicted octanol–water partition coefficient (Wildman–Crippen LogP) is 1.68. The van der Waals surface area contributed by atoms with E-state index in [-0.39, 0.29) is 5.41 Å². The second kappa shape index (κ2) is 5.31. The highest BCUT2D eigenvalue weighted by Crippen LogP contribution is 2.38. The van der Waals surface area contributed by atoms with Crippen LogP contribution in [0.4, 0.5) is 0 Å². The van der Waals surface area contributed by atoms with Gasteiger partial charge in [-0.3, -0.25) is 0 Å². The van der Waals surface area contributed by atoms with Crippen LogP contribution in [0, 0.1) is 11.3 Å². The summed E-state index contributed by atoms with van der Waals surface area (Å²) in [5.41, 5.74) is 8.29. The number of nitrogens with two attached hydrogens (primary N) is 1. The van der Waals surface area contributed by atoms with Crippen LogP contribution in [0.2, 0.25) is 0 Å². The van der Waals surface area contributed by atoms with E-state index in [4.69, 9.17) is 11.0 Å². The lowest BCUT2D eigenvalue weighted by molar-refractivity contribution is 0.310. The van der Waals surface area contributed by atoms with Crippen LogP contribution in [0.15, 0.2) is 24.3 Å². The Bertz CT molecular complexity index is 414. The average molecular weight is 229 g/mol. The van der Waals surface area contributed by atoms with Gasteiger partial charge in [0.05, 0.1) is 6.07 Å². The largest absolute Gasteiger partial charge is 0.326 e. The Kier molecular flexibility index (Phi) is 3.78. The topological polar surface area (TPSA) is 61.8 Å². The van der Waals surface area contributed by atoms with E-state index in [2.05, 4.69) is 29.6 Å². The zero-order valence-corrected chi connectivity index (χ0v) is 10.1. The Balaban J connectivity index is 2.41. The lowest BCUT2D eigenvalue weighted by atomic mass is 9.69. The van der Waals surface area contributed by atoms with Crippen molar-refractivity contribution < 1.29 is 0 Å². The number of benzene rings is 1. The lowest BCUT2D eigenvalue weighted by Crippen LogP contribution is -2.40. The van der Waals surface area contributed by atoms with Crippen molar-refractivity contribution in [1.29, 1.82) is 5.26 Å². The lowest BCUT2D eigenvalue weighted by Gasteiger charge is -2.37. The molecule has 1 aromatic carbocycles. The molecule has 1 heterocycles. The van der Waals surface area contributed by atoms with Crippen LogP contribution in [-0.4, -0.2) is 13.1 Å². The molecule has 3 nitrogen and oxygen atoms in total. The van der Waals surface area contributed by atoms with Gasteiger partial charge in [0.1, 0.15) is 0 Å². The molecule has 3 heteroatoms. The molecule has 0 radical (unpaired) electrons. The van der Waals surface area contributed by atoms with Crippen LogP contribution in [0.3, 0.4) is 0 Å². The summed E-state index contributed by atoms with van der Waals surface area (Å²) in [7, 11) is 0. The summed E-state index contributed by atoms with van der Waals surface area (Å²) in [6.45, 7) is 2.53. The van der Waals surface area contributed by atoms with Crippen molar-refractivity contribution in [1.82, 2.24) is 5.32 Å². The zero-order chi connectivity index (χ0) is 12.1. The summed E-state index contributed by atoms with van der Waals surface area (Å²) in [6, 6.07) is 10.7. The van der Waals surface area contributed by atoms with Gasteiger partial charge in [-0.05, 0) is 37.1 Å². The molecule has 0 saturated carbocycles. The van der Waals surface area contributed by atoms with Gasteiger partial charge in [-0.1, -0.05) is 24.3 Å². The van der Waals surface area contributed by atoms with E-state index in [0.29, 0.717) is 13.0 Å². The SMILES string of the molecule is N#CCC1(c2ccccc2CN)CCNCC1. The van der Waals surface area contributed by atoms with Gasteiger partial charge in [0, 0.05) is 18.4 Å². The number of rotatable bonds is 3. The van der Waals surface area contributed by atoms with E-state index < -0.39 is 0 Å². The number of hydrogen-bond acceptors (Lipinski definition) is 3. The van der Waals surface area contributed by atoms with Gasteiger partial charge < -0.3 is 11.1 Å². The maximum Gasteiger partial charge on any atom is 0.0631 e. The van der Waals surface area contributed by atoms with Gasteiger partial charge in [-0.15, -0.1) is 0 Å². The molecule has 0 aliphatic carbocycles. The summed E-state index contributed by atoms with van der Waals surface area (Å²) in [5, 5.41) is 12.5. The van der Waals surface area contributed by atoms with Crippen molar-refractivity contribution >= 4 is 0 Å². The first-order valence-electron chi connectivity index (χ1n) is 6.18. The second-order valence-corrected chi connectivity index (χ2v) is 4.73. The fourth-order valence-corrected chi connectivity index (χ4v) is 2.81. The molecular weight excluding hydrogens is 210 g/mol. The highest BCUT2D eigenvalue weighted by Gasteiger charge is 2.34. The maximum atomic E-state index is 9.11. The molecular formula is C14H19N3. The van der Waals surface area contributed by atoms with E-state index in [9.17, 15) is 0 Å². The van der Waals surface area contributed by atoms with Gasteiger partial charge in [-0.25, -0.2) is 0 Å². The molecule has 1 aliphatic heterocycles. The average Bonchev–Trinajstić information content (AvgIpc) is 2.40. The van der Waals surface area contributed by atoms with Crippen molar-refractivity contribution in [2.24, 2.45) is 5.73 Å². The minimum Gasteiger partial charge on any atom is -0.326 e. The highest BCUT2D eigenvalue weighted by atomic mass is 14.9. The Morgan fingerprint density at radius 1 is 1.29 bits per heavy atom. The minimum atomic E-state index is 0.00988. The molecule has 2 rings (SSSR count). The summed E-state index contributed by atoms with van der Waals surface area (Å²) < 4.78 is 0. The van der Waals surface area contributed by atoms with Gasteiger partial charge in [-0.2, -0.15) is 5.26 Å². The minimum absolute atomic E-state index is 0.00988. The van der Waals surface area contributed by atoms with E-state index in [0.717, 1.165) is 25.9 Å². The van der Waals surface area contributed by atoms with Gasteiger partial charge in [0.15, 0.2) is 0 Å². The van der Waals surface area contributed by atoms with E-state index in [1.165, 1.54) is 11.1 Å². The molecule has 1 fully saturated rings. The molecule has 0 amide bonds. The number of piperidine rings is 1. The molecule has 0 spiro atoms. The number of nitriles is 1. The van der Waals surface area contributed by atoms with Crippen molar-refractivity contribution in [3.8, 4) is 6.07 Å². The molecule has 1 saturated heterocycles. The van der Waals surface area contributed by atoms with Crippen LogP contribution in [0.25, 0.3) is 0 Å².